The molecule has 14 heavy (non-hydrogen) atoms. The second kappa shape index (κ2) is 3.69. The Kier molecular flexibility index (Phi) is 2.39. The molecule has 1 aromatic heterocycles. The van der Waals surface area contributed by atoms with Gasteiger partial charge in [0.25, 0.3) is 0 Å². The third-order valence-corrected chi connectivity index (χ3v) is 2.27. The average molecular weight is 193 g/mol. The lowest BCUT2D eigenvalue weighted by Gasteiger charge is -2.06. The number of nitrogens with one attached hydrogen (secondary N) is 2. The second-order valence-corrected chi connectivity index (χ2v) is 3.57. The summed E-state index contributed by atoms with van der Waals surface area (Å²) >= 11 is 0. The molecule has 0 aromatic carbocycles. The number of hydrogen-bond donors (Lipinski definition) is 3. The van der Waals surface area contributed by atoms with E-state index in [0.717, 1.165) is 24.1 Å². The summed E-state index contributed by atoms with van der Waals surface area (Å²) < 4.78 is 0. The summed E-state index contributed by atoms with van der Waals surface area (Å²) in [6.45, 7) is 0.986. The summed E-state index contributed by atoms with van der Waals surface area (Å²) in [5.74, 6) is 2.67. The van der Waals surface area contributed by atoms with Gasteiger partial charge in [-0.2, -0.15) is 9.97 Å². The van der Waals surface area contributed by atoms with Crippen LogP contribution in [-0.4, -0.2) is 23.6 Å². The summed E-state index contributed by atoms with van der Waals surface area (Å²) in [7, 11) is 1.81. The smallest absolute Gasteiger partial charge is 0.223 e. The molecule has 5 nitrogen and oxygen atoms in total. The number of aromatic nitrogens is 2. The SMILES string of the molecule is CNc1cc(NCC2CC2)nc(N)n1. The van der Waals surface area contributed by atoms with E-state index in [4.69, 9.17) is 5.73 Å². The van der Waals surface area contributed by atoms with Crippen LogP contribution >= 0.6 is 0 Å². The number of anilines is 3. The van der Waals surface area contributed by atoms with Crippen molar-refractivity contribution in [3.05, 3.63) is 6.07 Å². The number of hydrogen-bond acceptors (Lipinski definition) is 5. The molecule has 0 unspecified atom stereocenters. The molecule has 0 saturated heterocycles. The van der Waals surface area contributed by atoms with E-state index in [9.17, 15) is 0 Å². The molecule has 0 spiro atoms. The zero-order valence-corrected chi connectivity index (χ0v) is 8.25. The second-order valence-electron chi connectivity index (χ2n) is 3.57. The van der Waals surface area contributed by atoms with Gasteiger partial charge in [-0.05, 0) is 18.8 Å². The van der Waals surface area contributed by atoms with Gasteiger partial charge in [-0.1, -0.05) is 0 Å². The number of nitrogens with zero attached hydrogens (tertiary/aromatic N) is 2. The van der Waals surface area contributed by atoms with Gasteiger partial charge >= 0.3 is 0 Å². The van der Waals surface area contributed by atoms with E-state index >= 15 is 0 Å². The van der Waals surface area contributed by atoms with Crippen LogP contribution in [-0.2, 0) is 0 Å². The predicted octanol–water partition coefficient (Wildman–Crippen LogP) is 0.922. The first-order valence-electron chi connectivity index (χ1n) is 4.84. The Balaban J connectivity index is 2.03. The molecule has 0 radical (unpaired) electrons. The first-order chi connectivity index (χ1) is 6.78. The van der Waals surface area contributed by atoms with Gasteiger partial charge in [0.1, 0.15) is 11.6 Å². The van der Waals surface area contributed by atoms with Crippen LogP contribution in [0.3, 0.4) is 0 Å². The fraction of sp³-hybridized carbons (Fsp3) is 0.556. The molecule has 0 aliphatic heterocycles. The molecular formula is C9H15N5. The van der Waals surface area contributed by atoms with Crippen molar-refractivity contribution in [3.8, 4) is 0 Å². The van der Waals surface area contributed by atoms with Crippen LogP contribution in [0.1, 0.15) is 12.8 Å². The maximum atomic E-state index is 5.55. The summed E-state index contributed by atoms with van der Waals surface area (Å²) in [5, 5.41) is 6.19. The largest absolute Gasteiger partial charge is 0.373 e. The van der Waals surface area contributed by atoms with Crippen LogP contribution in [0.25, 0.3) is 0 Å². The van der Waals surface area contributed by atoms with Crippen LogP contribution in [0.4, 0.5) is 17.6 Å². The molecule has 1 heterocycles. The molecule has 1 saturated carbocycles. The van der Waals surface area contributed by atoms with Gasteiger partial charge in [-0.25, -0.2) is 0 Å². The lowest BCUT2D eigenvalue weighted by Crippen LogP contribution is -2.08. The quantitative estimate of drug-likeness (QED) is 0.663. The lowest BCUT2D eigenvalue weighted by atomic mass is 10.4. The van der Waals surface area contributed by atoms with Crippen molar-refractivity contribution in [2.24, 2.45) is 5.92 Å². The number of rotatable bonds is 4. The van der Waals surface area contributed by atoms with E-state index in [2.05, 4.69) is 20.6 Å². The molecule has 0 bridgehead atoms. The van der Waals surface area contributed by atoms with E-state index in [0.29, 0.717) is 5.95 Å². The molecule has 2 rings (SSSR count). The fourth-order valence-electron chi connectivity index (χ4n) is 1.26. The average Bonchev–Trinajstić information content (AvgIpc) is 2.97. The summed E-state index contributed by atoms with van der Waals surface area (Å²) in [4.78, 5) is 8.11. The van der Waals surface area contributed by atoms with Gasteiger partial charge in [0, 0.05) is 19.7 Å². The first kappa shape index (κ1) is 9.05. The fourth-order valence-corrected chi connectivity index (χ4v) is 1.26. The van der Waals surface area contributed by atoms with Crippen molar-refractivity contribution >= 4 is 17.6 Å². The minimum Gasteiger partial charge on any atom is -0.373 e. The standard InChI is InChI=1S/C9H15N5/c1-11-7-4-8(14-9(10)13-7)12-5-6-2-3-6/h4,6H,2-3,5H2,1H3,(H4,10,11,12,13,14). The Bertz CT molecular complexity index is 321. The van der Waals surface area contributed by atoms with Crippen LogP contribution in [0.15, 0.2) is 6.07 Å². The summed E-state index contributed by atoms with van der Waals surface area (Å²) in [6, 6.07) is 1.86. The molecule has 0 atom stereocenters. The van der Waals surface area contributed by atoms with Crippen LogP contribution < -0.4 is 16.4 Å². The molecular weight excluding hydrogens is 178 g/mol. The minimum atomic E-state index is 0.301. The molecule has 1 aliphatic carbocycles. The van der Waals surface area contributed by atoms with E-state index in [1.807, 2.05) is 13.1 Å². The highest BCUT2D eigenvalue weighted by Gasteiger charge is 2.20. The zero-order chi connectivity index (χ0) is 9.97. The van der Waals surface area contributed by atoms with Crippen molar-refractivity contribution in [2.45, 2.75) is 12.8 Å². The summed E-state index contributed by atoms with van der Waals surface area (Å²) in [5.41, 5.74) is 5.55. The number of nitrogen functional groups attached to an aromatic ring is 1. The molecule has 4 N–H and O–H groups in total. The molecule has 76 valence electrons. The third-order valence-electron chi connectivity index (χ3n) is 2.27. The lowest BCUT2D eigenvalue weighted by molar-refractivity contribution is 0.882. The van der Waals surface area contributed by atoms with Gasteiger partial charge in [-0.3, -0.25) is 0 Å². The van der Waals surface area contributed by atoms with Gasteiger partial charge in [0.2, 0.25) is 5.95 Å². The topological polar surface area (TPSA) is 75.9 Å². The highest BCUT2D eigenvalue weighted by Crippen LogP contribution is 2.28. The van der Waals surface area contributed by atoms with E-state index in [-0.39, 0.29) is 0 Å². The third kappa shape index (κ3) is 2.25. The zero-order valence-electron chi connectivity index (χ0n) is 8.25. The van der Waals surface area contributed by atoms with Crippen molar-refractivity contribution in [3.63, 3.8) is 0 Å². The van der Waals surface area contributed by atoms with Gasteiger partial charge in [-0.15, -0.1) is 0 Å². The normalized spacial score (nSPS) is 15.2. The van der Waals surface area contributed by atoms with E-state index in [1.54, 1.807) is 0 Å². The van der Waals surface area contributed by atoms with Crippen molar-refractivity contribution in [1.29, 1.82) is 0 Å². The highest BCUT2D eigenvalue weighted by molar-refractivity contribution is 5.50. The van der Waals surface area contributed by atoms with Crippen molar-refractivity contribution in [1.82, 2.24) is 9.97 Å². The first-order valence-corrected chi connectivity index (χ1v) is 4.84. The summed E-state index contributed by atoms with van der Waals surface area (Å²) in [6.07, 6.45) is 2.65. The molecule has 1 fully saturated rings. The molecule has 1 aromatic rings. The van der Waals surface area contributed by atoms with Crippen molar-refractivity contribution < 1.29 is 0 Å². The van der Waals surface area contributed by atoms with Crippen LogP contribution in [0, 0.1) is 5.92 Å². The molecule has 5 heteroatoms. The van der Waals surface area contributed by atoms with Crippen molar-refractivity contribution in [2.75, 3.05) is 30.0 Å². The van der Waals surface area contributed by atoms with Gasteiger partial charge in [0.15, 0.2) is 0 Å². The Hall–Kier alpha value is -1.52. The van der Waals surface area contributed by atoms with Gasteiger partial charge < -0.3 is 16.4 Å². The maximum absolute atomic E-state index is 5.55. The predicted molar refractivity (Wildman–Crippen MR) is 57.2 cm³/mol. The Labute approximate surface area is 83.1 Å². The molecule has 1 aliphatic rings. The van der Waals surface area contributed by atoms with E-state index < -0.39 is 0 Å². The van der Waals surface area contributed by atoms with Crippen LogP contribution in [0.2, 0.25) is 0 Å². The van der Waals surface area contributed by atoms with Gasteiger partial charge in [0.05, 0.1) is 0 Å². The highest BCUT2D eigenvalue weighted by atomic mass is 15.1. The van der Waals surface area contributed by atoms with E-state index in [1.165, 1.54) is 12.8 Å². The Morgan fingerprint density at radius 1 is 1.43 bits per heavy atom. The molecule has 0 amide bonds. The van der Waals surface area contributed by atoms with Crippen LogP contribution in [0.5, 0.6) is 0 Å². The Morgan fingerprint density at radius 3 is 2.79 bits per heavy atom. The number of nitrogens with two attached hydrogens (primary N) is 1. The maximum Gasteiger partial charge on any atom is 0.223 e. The minimum absolute atomic E-state index is 0.301. The monoisotopic (exact) mass is 193 g/mol. The Morgan fingerprint density at radius 2 is 2.14 bits per heavy atom.